The third-order valence-corrected chi connectivity index (χ3v) is 3.11. The van der Waals surface area contributed by atoms with E-state index in [1.807, 2.05) is 0 Å². The van der Waals surface area contributed by atoms with Crippen LogP contribution in [0.1, 0.15) is 10.4 Å². The third kappa shape index (κ3) is 1.72. The molecule has 0 atom stereocenters. The van der Waals surface area contributed by atoms with Crippen molar-refractivity contribution in [3.63, 3.8) is 0 Å². The Bertz CT molecular complexity index is 600. The molecule has 0 radical (unpaired) electrons. The van der Waals surface area contributed by atoms with Gasteiger partial charge in [0, 0.05) is 5.56 Å². The molecule has 2 rings (SSSR count). The van der Waals surface area contributed by atoms with Crippen molar-refractivity contribution in [2.75, 3.05) is 13.6 Å². The van der Waals surface area contributed by atoms with Gasteiger partial charge in [0.25, 0.3) is 0 Å². The molecule has 3 N–H and O–H groups in total. The van der Waals surface area contributed by atoms with Crippen molar-refractivity contribution >= 4 is 27.3 Å². The Balaban J connectivity index is 2.67. The number of fused-ring (bicyclic) bond motifs is 1. The summed E-state index contributed by atoms with van der Waals surface area (Å²) in [6.45, 7) is 0.200. The fraction of sp³-hybridized carbons (Fsp3) is 0.200. The van der Waals surface area contributed by atoms with Gasteiger partial charge >= 0.3 is 4.87 Å². The number of likely N-dealkylation sites (N-methyl/N-ethyl adjacent to an activating group) is 1. The van der Waals surface area contributed by atoms with Crippen LogP contribution >= 0.6 is 11.3 Å². The molecule has 0 saturated carbocycles. The first-order valence-electron chi connectivity index (χ1n) is 4.66. The lowest BCUT2D eigenvalue weighted by Crippen LogP contribution is -2.18. The highest BCUT2D eigenvalue weighted by molar-refractivity contribution is 7.16. The number of hydrogen-bond acceptors (Lipinski definition) is 5. The third-order valence-electron chi connectivity index (χ3n) is 2.20. The van der Waals surface area contributed by atoms with Gasteiger partial charge in [-0.3, -0.25) is 9.59 Å². The number of Topliss-reactive ketones (excluding diaryl/α,β-unsaturated/α-hetero) is 1. The van der Waals surface area contributed by atoms with Crippen molar-refractivity contribution in [1.29, 1.82) is 0 Å². The number of ketones is 1. The van der Waals surface area contributed by atoms with Gasteiger partial charge in [-0.2, -0.15) is 0 Å². The monoisotopic (exact) mass is 238 g/mol. The van der Waals surface area contributed by atoms with Crippen molar-refractivity contribution in [2.45, 2.75) is 0 Å². The van der Waals surface area contributed by atoms with Gasteiger partial charge in [0.2, 0.25) is 0 Å². The number of rotatable bonds is 3. The van der Waals surface area contributed by atoms with E-state index in [0.717, 1.165) is 11.3 Å². The topological polar surface area (TPSA) is 82.2 Å². The highest BCUT2D eigenvalue weighted by Crippen LogP contribution is 2.27. The van der Waals surface area contributed by atoms with Crippen LogP contribution in [-0.4, -0.2) is 29.5 Å². The van der Waals surface area contributed by atoms with Gasteiger partial charge < -0.3 is 15.4 Å². The highest BCUT2D eigenvalue weighted by Gasteiger charge is 2.14. The molecule has 1 heterocycles. The summed E-state index contributed by atoms with van der Waals surface area (Å²) in [5, 5.41) is 12.3. The molecular weight excluding hydrogens is 228 g/mol. The summed E-state index contributed by atoms with van der Waals surface area (Å²) in [7, 11) is 1.68. The van der Waals surface area contributed by atoms with Crippen molar-refractivity contribution in [2.24, 2.45) is 0 Å². The van der Waals surface area contributed by atoms with Gasteiger partial charge in [-0.05, 0) is 19.2 Å². The zero-order chi connectivity index (χ0) is 11.7. The van der Waals surface area contributed by atoms with E-state index in [4.69, 9.17) is 0 Å². The predicted molar refractivity (Wildman–Crippen MR) is 62.4 cm³/mol. The van der Waals surface area contributed by atoms with E-state index < -0.39 is 0 Å². The minimum absolute atomic E-state index is 0.0191. The predicted octanol–water partition coefficient (Wildman–Crippen LogP) is 0.697. The van der Waals surface area contributed by atoms with Crippen LogP contribution in [0.2, 0.25) is 0 Å². The molecule has 0 aliphatic rings. The Hall–Kier alpha value is -1.66. The molecule has 2 aromatic rings. The molecule has 0 amide bonds. The molecule has 16 heavy (non-hydrogen) atoms. The first-order valence-corrected chi connectivity index (χ1v) is 5.47. The number of nitrogens with one attached hydrogen (secondary N) is 2. The van der Waals surface area contributed by atoms with E-state index in [0.29, 0.717) is 15.8 Å². The van der Waals surface area contributed by atoms with Crippen LogP contribution in [0.25, 0.3) is 10.2 Å². The molecule has 0 unspecified atom stereocenters. The van der Waals surface area contributed by atoms with Crippen LogP contribution in [0, 0.1) is 0 Å². The first kappa shape index (κ1) is 10.8. The van der Waals surface area contributed by atoms with Gasteiger partial charge in [-0.1, -0.05) is 11.3 Å². The molecule has 6 heteroatoms. The van der Waals surface area contributed by atoms with Crippen LogP contribution in [0.5, 0.6) is 5.75 Å². The fourth-order valence-corrected chi connectivity index (χ4v) is 2.38. The fourth-order valence-electron chi connectivity index (χ4n) is 1.49. The van der Waals surface area contributed by atoms with Gasteiger partial charge in [-0.15, -0.1) is 0 Å². The Labute approximate surface area is 94.7 Å². The van der Waals surface area contributed by atoms with Crippen molar-refractivity contribution in [3.8, 4) is 5.75 Å². The molecule has 1 aromatic carbocycles. The largest absolute Gasteiger partial charge is 0.506 e. The molecule has 0 spiro atoms. The smallest absolute Gasteiger partial charge is 0.305 e. The number of H-pyrrole nitrogens is 1. The second kappa shape index (κ2) is 4.07. The summed E-state index contributed by atoms with van der Waals surface area (Å²) < 4.78 is 0.505. The summed E-state index contributed by atoms with van der Waals surface area (Å²) in [6, 6.07) is 2.94. The van der Waals surface area contributed by atoms with Gasteiger partial charge in [0.1, 0.15) is 11.3 Å². The number of phenols is 1. The van der Waals surface area contributed by atoms with Crippen LogP contribution in [0.3, 0.4) is 0 Å². The molecule has 0 fully saturated rings. The van der Waals surface area contributed by atoms with E-state index in [1.165, 1.54) is 12.1 Å². The lowest BCUT2D eigenvalue weighted by atomic mass is 10.1. The molecule has 0 aliphatic carbocycles. The number of aromatic amines is 1. The second-order valence-corrected chi connectivity index (χ2v) is 4.29. The number of carbonyl (C=O) groups is 1. The van der Waals surface area contributed by atoms with E-state index in [2.05, 4.69) is 10.3 Å². The minimum Gasteiger partial charge on any atom is -0.506 e. The van der Waals surface area contributed by atoms with E-state index in [-0.39, 0.29) is 23.0 Å². The average molecular weight is 238 g/mol. The zero-order valence-corrected chi connectivity index (χ0v) is 9.35. The maximum atomic E-state index is 11.7. The van der Waals surface area contributed by atoms with Crippen LogP contribution in [-0.2, 0) is 0 Å². The van der Waals surface area contributed by atoms with Crippen molar-refractivity contribution < 1.29 is 9.90 Å². The maximum absolute atomic E-state index is 11.7. The minimum atomic E-state index is -0.282. The Kier molecular flexibility index (Phi) is 2.76. The second-order valence-electron chi connectivity index (χ2n) is 3.30. The Morgan fingerprint density at radius 3 is 3.00 bits per heavy atom. The number of hydrogen-bond donors (Lipinski definition) is 3. The normalized spacial score (nSPS) is 10.8. The molecule has 84 valence electrons. The molecule has 5 nitrogen and oxygen atoms in total. The SMILES string of the molecule is CNCC(=O)c1ccc(O)c2[nH]c(=O)sc12. The molecular formula is C10H10N2O3S. The summed E-state index contributed by atoms with van der Waals surface area (Å²) >= 11 is 0.927. The zero-order valence-electron chi connectivity index (χ0n) is 8.53. The summed E-state index contributed by atoms with van der Waals surface area (Å²) in [5.74, 6) is -0.128. The standard InChI is InChI=1S/C10H10N2O3S/c1-11-4-7(14)5-2-3-6(13)8-9(5)16-10(15)12-8/h2-3,11,13H,4H2,1H3,(H,12,15). The average Bonchev–Trinajstić information content (AvgIpc) is 2.61. The lowest BCUT2D eigenvalue weighted by Gasteiger charge is -2.02. The number of aromatic nitrogens is 1. The number of carbonyl (C=O) groups excluding carboxylic acids is 1. The van der Waals surface area contributed by atoms with Crippen LogP contribution in [0.4, 0.5) is 0 Å². The van der Waals surface area contributed by atoms with E-state index >= 15 is 0 Å². The Morgan fingerprint density at radius 2 is 2.31 bits per heavy atom. The number of aromatic hydroxyl groups is 1. The maximum Gasteiger partial charge on any atom is 0.305 e. The van der Waals surface area contributed by atoms with Gasteiger partial charge in [0.05, 0.1) is 11.2 Å². The number of thiazole rings is 1. The van der Waals surface area contributed by atoms with Gasteiger partial charge in [0.15, 0.2) is 5.78 Å². The summed E-state index contributed by atoms with van der Waals surface area (Å²) in [5.41, 5.74) is 0.780. The van der Waals surface area contributed by atoms with Crippen molar-refractivity contribution in [3.05, 3.63) is 27.4 Å². The lowest BCUT2D eigenvalue weighted by molar-refractivity contribution is 0.0995. The molecule has 0 saturated heterocycles. The molecule has 0 aliphatic heterocycles. The first-order chi connectivity index (χ1) is 7.63. The highest BCUT2D eigenvalue weighted by atomic mass is 32.1. The van der Waals surface area contributed by atoms with Crippen LogP contribution in [0.15, 0.2) is 16.9 Å². The van der Waals surface area contributed by atoms with Crippen LogP contribution < -0.4 is 10.2 Å². The number of phenolic OH excluding ortho intramolecular Hbond substituents is 1. The summed E-state index contributed by atoms with van der Waals surface area (Å²) in [4.78, 5) is 25.1. The molecule has 0 bridgehead atoms. The van der Waals surface area contributed by atoms with E-state index in [9.17, 15) is 14.7 Å². The Morgan fingerprint density at radius 1 is 1.56 bits per heavy atom. The summed E-state index contributed by atoms with van der Waals surface area (Å²) in [6.07, 6.45) is 0. The quantitative estimate of drug-likeness (QED) is 0.687. The molecule has 1 aromatic heterocycles. The number of benzene rings is 1. The van der Waals surface area contributed by atoms with Gasteiger partial charge in [-0.25, -0.2) is 0 Å². The van der Waals surface area contributed by atoms with E-state index in [1.54, 1.807) is 7.05 Å². The van der Waals surface area contributed by atoms with Crippen molar-refractivity contribution in [1.82, 2.24) is 10.3 Å².